The standard InChI is InChI=1S/C21H22N4O4S/c1-4-19(28)22-16-10-7-14(11-18(16)29-3)17(27)12-30-21-24-23-20(25(21)2)13-5-8-15(26)9-6-13/h5-11,26H,4,12H2,1-3H3,(H,22,28). The molecule has 0 radical (unpaired) electrons. The SMILES string of the molecule is CCC(=O)Nc1ccc(C(=O)CSc2nnc(-c3ccc(O)cc3)n2C)cc1OC. The van der Waals surface area contributed by atoms with E-state index in [1.165, 1.54) is 18.9 Å². The van der Waals surface area contributed by atoms with E-state index in [-0.39, 0.29) is 23.2 Å². The molecule has 1 amide bonds. The Bertz CT molecular complexity index is 1060. The van der Waals surface area contributed by atoms with Gasteiger partial charge in [-0.2, -0.15) is 0 Å². The lowest BCUT2D eigenvalue weighted by molar-refractivity contribution is -0.115. The number of phenolic OH excluding ortho intramolecular Hbond substituents is 1. The molecule has 1 aromatic heterocycles. The average Bonchev–Trinajstić information content (AvgIpc) is 3.13. The Hall–Kier alpha value is -3.33. The highest BCUT2D eigenvalue weighted by Gasteiger charge is 2.16. The fourth-order valence-electron chi connectivity index (χ4n) is 2.72. The van der Waals surface area contributed by atoms with Crippen LogP contribution in [0, 0.1) is 0 Å². The van der Waals surface area contributed by atoms with Crippen LogP contribution < -0.4 is 10.1 Å². The number of methoxy groups -OCH3 is 1. The number of thioether (sulfide) groups is 1. The second kappa shape index (κ2) is 9.45. The Morgan fingerprint density at radius 3 is 2.57 bits per heavy atom. The van der Waals surface area contributed by atoms with Crippen molar-refractivity contribution in [2.24, 2.45) is 7.05 Å². The Balaban J connectivity index is 1.70. The van der Waals surface area contributed by atoms with E-state index in [2.05, 4.69) is 15.5 Å². The number of ether oxygens (including phenoxy) is 1. The van der Waals surface area contributed by atoms with E-state index < -0.39 is 0 Å². The maximum absolute atomic E-state index is 12.7. The van der Waals surface area contributed by atoms with Crippen molar-refractivity contribution in [3.8, 4) is 22.9 Å². The molecule has 0 atom stereocenters. The molecule has 0 bridgehead atoms. The summed E-state index contributed by atoms with van der Waals surface area (Å²) in [6, 6.07) is 11.6. The predicted molar refractivity (Wildman–Crippen MR) is 115 cm³/mol. The van der Waals surface area contributed by atoms with Gasteiger partial charge in [0.15, 0.2) is 16.8 Å². The maximum Gasteiger partial charge on any atom is 0.224 e. The molecule has 0 aliphatic rings. The summed E-state index contributed by atoms with van der Waals surface area (Å²) >= 11 is 1.28. The largest absolute Gasteiger partial charge is 0.508 e. The van der Waals surface area contributed by atoms with Crippen LogP contribution in [0.4, 0.5) is 5.69 Å². The first kappa shape index (κ1) is 21.4. The van der Waals surface area contributed by atoms with E-state index in [0.717, 1.165) is 5.56 Å². The summed E-state index contributed by atoms with van der Waals surface area (Å²) in [7, 11) is 3.31. The molecular formula is C21H22N4O4S. The zero-order chi connectivity index (χ0) is 21.7. The van der Waals surface area contributed by atoms with Crippen molar-refractivity contribution in [1.29, 1.82) is 0 Å². The molecule has 30 heavy (non-hydrogen) atoms. The number of hydrogen-bond donors (Lipinski definition) is 2. The molecule has 156 valence electrons. The van der Waals surface area contributed by atoms with E-state index in [1.54, 1.807) is 54.0 Å². The molecular weight excluding hydrogens is 404 g/mol. The quantitative estimate of drug-likeness (QED) is 0.419. The maximum atomic E-state index is 12.7. The highest BCUT2D eigenvalue weighted by atomic mass is 32.2. The van der Waals surface area contributed by atoms with Crippen LogP contribution in [-0.4, -0.2) is 44.4 Å². The predicted octanol–water partition coefficient (Wildman–Crippen LogP) is 3.52. The minimum Gasteiger partial charge on any atom is -0.508 e. The lowest BCUT2D eigenvalue weighted by atomic mass is 10.1. The minimum absolute atomic E-state index is 0.0964. The first-order valence-electron chi connectivity index (χ1n) is 9.25. The van der Waals surface area contributed by atoms with Crippen LogP contribution in [0.2, 0.25) is 0 Å². The van der Waals surface area contributed by atoms with E-state index in [1.807, 2.05) is 7.05 Å². The van der Waals surface area contributed by atoms with Crippen LogP contribution >= 0.6 is 11.8 Å². The molecule has 3 aromatic rings. The molecule has 0 unspecified atom stereocenters. The van der Waals surface area contributed by atoms with Gasteiger partial charge >= 0.3 is 0 Å². The molecule has 0 spiro atoms. The number of hydrogen-bond acceptors (Lipinski definition) is 7. The van der Waals surface area contributed by atoms with E-state index in [0.29, 0.717) is 34.4 Å². The molecule has 0 aliphatic heterocycles. The number of Topliss-reactive ketones (excluding diaryl/α,β-unsaturated/α-hetero) is 1. The second-order valence-corrected chi connectivity index (χ2v) is 7.38. The molecule has 3 rings (SSSR count). The zero-order valence-electron chi connectivity index (χ0n) is 16.9. The fraction of sp³-hybridized carbons (Fsp3) is 0.238. The summed E-state index contributed by atoms with van der Waals surface area (Å²) in [6.45, 7) is 1.76. The third-order valence-corrected chi connectivity index (χ3v) is 5.43. The van der Waals surface area contributed by atoms with Crippen molar-refractivity contribution < 1.29 is 19.4 Å². The molecule has 0 fully saturated rings. The summed E-state index contributed by atoms with van der Waals surface area (Å²) < 4.78 is 7.11. The summed E-state index contributed by atoms with van der Waals surface area (Å²) in [4.78, 5) is 24.3. The number of anilines is 1. The molecule has 0 aliphatic carbocycles. The molecule has 1 heterocycles. The van der Waals surface area contributed by atoms with Crippen molar-refractivity contribution in [2.75, 3.05) is 18.2 Å². The summed E-state index contributed by atoms with van der Waals surface area (Å²) in [5.74, 6) is 1.20. The number of ketones is 1. The van der Waals surface area contributed by atoms with Gasteiger partial charge in [-0.25, -0.2) is 0 Å². The van der Waals surface area contributed by atoms with Crippen LogP contribution in [-0.2, 0) is 11.8 Å². The van der Waals surface area contributed by atoms with Crippen molar-refractivity contribution in [3.05, 3.63) is 48.0 Å². The molecule has 0 saturated heterocycles. The summed E-state index contributed by atoms with van der Waals surface area (Å²) in [5.41, 5.74) is 1.82. The molecule has 9 heteroatoms. The smallest absolute Gasteiger partial charge is 0.224 e. The van der Waals surface area contributed by atoms with Gasteiger partial charge in [-0.1, -0.05) is 18.7 Å². The molecule has 0 saturated carbocycles. The summed E-state index contributed by atoms with van der Waals surface area (Å²) in [6.07, 6.45) is 0.351. The van der Waals surface area contributed by atoms with Crippen LogP contribution in [0.1, 0.15) is 23.7 Å². The van der Waals surface area contributed by atoms with Crippen molar-refractivity contribution >= 4 is 29.1 Å². The highest BCUT2D eigenvalue weighted by Crippen LogP contribution is 2.28. The number of carbonyl (C=O) groups is 2. The topological polar surface area (TPSA) is 106 Å². The third kappa shape index (κ3) is 4.80. The van der Waals surface area contributed by atoms with Gasteiger partial charge in [-0.05, 0) is 42.5 Å². The fourth-order valence-corrected chi connectivity index (χ4v) is 3.53. The second-order valence-electron chi connectivity index (χ2n) is 6.44. The highest BCUT2D eigenvalue weighted by molar-refractivity contribution is 7.99. The Labute approximate surface area is 178 Å². The van der Waals surface area contributed by atoms with Crippen molar-refractivity contribution in [1.82, 2.24) is 14.8 Å². The zero-order valence-corrected chi connectivity index (χ0v) is 17.7. The minimum atomic E-state index is -0.130. The van der Waals surface area contributed by atoms with Crippen LogP contribution in [0.25, 0.3) is 11.4 Å². The van der Waals surface area contributed by atoms with Crippen molar-refractivity contribution in [2.45, 2.75) is 18.5 Å². The number of carbonyl (C=O) groups excluding carboxylic acids is 2. The lowest BCUT2D eigenvalue weighted by Crippen LogP contribution is -2.11. The van der Waals surface area contributed by atoms with Gasteiger partial charge in [0.2, 0.25) is 5.91 Å². The first-order chi connectivity index (χ1) is 14.4. The Morgan fingerprint density at radius 1 is 1.17 bits per heavy atom. The average molecular weight is 426 g/mol. The van der Waals surface area contributed by atoms with Crippen LogP contribution in [0.3, 0.4) is 0 Å². The molecule has 8 nitrogen and oxygen atoms in total. The number of amides is 1. The van der Waals surface area contributed by atoms with Crippen LogP contribution in [0.5, 0.6) is 11.5 Å². The van der Waals surface area contributed by atoms with E-state index in [9.17, 15) is 14.7 Å². The third-order valence-electron chi connectivity index (χ3n) is 4.41. The van der Waals surface area contributed by atoms with Gasteiger partial charge in [-0.15, -0.1) is 10.2 Å². The molecule has 2 N–H and O–H groups in total. The number of phenols is 1. The Morgan fingerprint density at radius 2 is 1.90 bits per heavy atom. The van der Waals surface area contributed by atoms with Gasteiger partial charge in [0.05, 0.1) is 18.6 Å². The van der Waals surface area contributed by atoms with Gasteiger partial charge < -0.3 is 19.7 Å². The monoisotopic (exact) mass is 426 g/mol. The number of aromatic hydroxyl groups is 1. The van der Waals surface area contributed by atoms with E-state index in [4.69, 9.17) is 4.74 Å². The number of rotatable bonds is 8. The van der Waals surface area contributed by atoms with Crippen molar-refractivity contribution in [3.63, 3.8) is 0 Å². The summed E-state index contributed by atoms with van der Waals surface area (Å²) in [5, 5.41) is 21.1. The van der Waals surface area contributed by atoms with Crippen LogP contribution in [0.15, 0.2) is 47.6 Å². The van der Waals surface area contributed by atoms with Gasteiger partial charge in [0.25, 0.3) is 0 Å². The first-order valence-corrected chi connectivity index (χ1v) is 10.2. The normalized spacial score (nSPS) is 10.6. The van der Waals surface area contributed by atoms with Gasteiger partial charge in [-0.3, -0.25) is 9.59 Å². The number of nitrogens with one attached hydrogen (secondary N) is 1. The number of benzene rings is 2. The van der Waals surface area contributed by atoms with Gasteiger partial charge in [0.1, 0.15) is 11.5 Å². The van der Waals surface area contributed by atoms with E-state index >= 15 is 0 Å². The number of nitrogens with zero attached hydrogens (tertiary/aromatic N) is 3. The van der Waals surface area contributed by atoms with Gasteiger partial charge in [0, 0.05) is 24.6 Å². The lowest BCUT2D eigenvalue weighted by Gasteiger charge is -2.11. The number of aromatic nitrogens is 3. The Kier molecular flexibility index (Phi) is 6.73. The molecule has 2 aromatic carbocycles.